The van der Waals surface area contributed by atoms with Crippen LogP contribution >= 0.6 is 0 Å². The average molecular weight is 337 g/mol. The number of carbonyl (C=O) groups excluding carboxylic acids is 1. The third kappa shape index (κ3) is 4.31. The van der Waals surface area contributed by atoms with Crippen LogP contribution in [0, 0.1) is 5.92 Å². The van der Waals surface area contributed by atoms with E-state index in [1.165, 1.54) is 11.1 Å². The molecule has 0 aliphatic carbocycles. The molecule has 2 aliphatic heterocycles. The Labute approximate surface area is 137 Å². The second-order valence-corrected chi connectivity index (χ2v) is 8.21. The van der Waals surface area contributed by atoms with Crippen molar-refractivity contribution < 1.29 is 13.2 Å². The molecule has 2 aliphatic rings. The highest BCUT2D eigenvalue weighted by molar-refractivity contribution is 7.89. The molecule has 126 valence electrons. The lowest BCUT2D eigenvalue weighted by Crippen LogP contribution is -2.41. The minimum absolute atomic E-state index is 0.0315. The smallest absolute Gasteiger partial charge is 0.236 e. The Hall–Kier alpha value is -1.44. The van der Waals surface area contributed by atoms with Gasteiger partial charge in [0.2, 0.25) is 15.9 Å². The van der Waals surface area contributed by atoms with Crippen molar-refractivity contribution in [3.63, 3.8) is 0 Å². The molecule has 2 heterocycles. The molecule has 1 aromatic carbocycles. The number of nitrogens with two attached hydrogens (primary N) is 1. The summed E-state index contributed by atoms with van der Waals surface area (Å²) in [5.74, 6) is 0.0192. The number of hydrogen-bond donors (Lipinski definition) is 1. The molecule has 0 unspecified atom stereocenters. The molecule has 0 aromatic heterocycles. The minimum atomic E-state index is -3.47. The predicted molar refractivity (Wildman–Crippen MR) is 88.1 cm³/mol. The predicted octanol–water partition coefficient (Wildman–Crippen LogP) is 0.182. The zero-order valence-electron chi connectivity index (χ0n) is 13.1. The summed E-state index contributed by atoms with van der Waals surface area (Å²) in [7, 11) is -3.47. The van der Waals surface area contributed by atoms with Crippen LogP contribution in [-0.2, 0) is 27.8 Å². The summed E-state index contributed by atoms with van der Waals surface area (Å²) in [5.41, 5.74) is 2.66. The van der Waals surface area contributed by atoms with Gasteiger partial charge in [-0.3, -0.25) is 9.69 Å². The quantitative estimate of drug-likeness (QED) is 0.850. The van der Waals surface area contributed by atoms with E-state index in [1.807, 2.05) is 6.07 Å². The van der Waals surface area contributed by atoms with E-state index in [0.717, 1.165) is 19.5 Å². The minimum Gasteiger partial charge on any atom is -0.341 e. The Morgan fingerprint density at radius 1 is 1.22 bits per heavy atom. The Morgan fingerprint density at radius 2 is 1.96 bits per heavy atom. The van der Waals surface area contributed by atoms with Crippen LogP contribution in [0.2, 0.25) is 0 Å². The summed E-state index contributed by atoms with van der Waals surface area (Å²) in [6.07, 6.45) is 1.68. The van der Waals surface area contributed by atoms with Gasteiger partial charge < -0.3 is 4.90 Å². The molecule has 1 fully saturated rings. The first-order valence-corrected chi connectivity index (χ1v) is 9.69. The van der Waals surface area contributed by atoms with Crippen molar-refractivity contribution in [1.82, 2.24) is 9.80 Å². The molecule has 0 saturated carbocycles. The van der Waals surface area contributed by atoms with E-state index >= 15 is 0 Å². The van der Waals surface area contributed by atoms with Crippen LogP contribution in [0.25, 0.3) is 0 Å². The van der Waals surface area contributed by atoms with Gasteiger partial charge in [-0.15, -0.1) is 0 Å². The molecule has 0 radical (unpaired) electrons. The summed E-state index contributed by atoms with van der Waals surface area (Å²) < 4.78 is 22.3. The highest BCUT2D eigenvalue weighted by Gasteiger charge is 2.30. The van der Waals surface area contributed by atoms with Gasteiger partial charge in [0.25, 0.3) is 0 Å². The third-order valence-corrected chi connectivity index (χ3v) is 5.61. The Balaban J connectivity index is 1.53. The van der Waals surface area contributed by atoms with Gasteiger partial charge in [-0.2, -0.15) is 0 Å². The molecular weight excluding hydrogens is 314 g/mol. The number of hydrogen-bond acceptors (Lipinski definition) is 4. The highest BCUT2D eigenvalue weighted by atomic mass is 32.2. The number of rotatable bonds is 4. The topological polar surface area (TPSA) is 83.7 Å². The lowest BCUT2D eigenvalue weighted by molar-refractivity contribution is -0.131. The number of fused-ring (bicyclic) bond motifs is 1. The summed E-state index contributed by atoms with van der Waals surface area (Å²) in [6, 6.07) is 8.34. The molecule has 2 N–H and O–H groups in total. The van der Waals surface area contributed by atoms with Crippen molar-refractivity contribution in [3.05, 3.63) is 35.4 Å². The largest absolute Gasteiger partial charge is 0.341 e. The van der Waals surface area contributed by atoms with E-state index in [4.69, 9.17) is 5.14 Å². The fraction of sp³-hybridized carbons (Fsp3) is 0.562. The van der Waals surface area contributed by atoms with Crippen molar-refractivity contribution in [2.75, 3.05) is 31.9 Å². The number of likely N-dealkylation sites (tertiary alicyclic amines) is 1. The summed E-state index contributed by atoms with van der Waals surface area (Å²) >= 11 is 0. The maximum Gasteiger partial charge on any atom is 0.236 e. The molecule has 1 amide bonds. The van der Waals surface area contributed by atoms with Crippen LogP contribution in [-0.4, -0.2) is 56.1 Å². The van der Waals surface area contributed by atoms with E-state index in [1.54, 1.807) is 4.90 Å². The highest BCUT2D eigenvalue weighted by Crippen LogP contribution is 2.20. The molecule has 23 heavy (non-hydrogen) atoms. The SMILES string of the molecule is NS(=O)(=O)C[C@@H]1CCN(C(=O)CN2CCc3ccccc3C2)C1. The zero-order chi connectivity index (χ0) is 16.4. The number of nitrogens with zero attached hydrogens (tertiary/aromatic N) is 2. The van der Waals surface area contributed by atoms with E-state index in [-0.39, 0.29) is 17.6 Å². The Morgan fingerprint density at radius 3 is 2.70 bits per heavy atom. The van der Waals surface area contributed by atoms with Gasteiger partial charge in [0.1, 0.15) is 0 Å². The third-order valence-electron chi connectivity index (χ3n) is 4.68. The Kier molecular flexibility index (Phi) is 4.70. The van der Waals surface area contributed by atoms with E-state index in [9.17, 15) is 13.2 Å². The second kappa shape index (κ2) is 6.59. The molecule has 7 heteroatoms. The lowest BCUT2D eigenvalue weighted by Gasteiger charge is -2.29. The van der Waals surface area contributed by atoms with Crippen LogP contribution in [0.15, 0.2) is 24.3 Å². The number of sulfonamides is 1. The number of amides is 1. The molecule has 1 saturated heterocycles. The molecule has 6 nitrogen and oxygen atoms in total. The number of primary sulfonamides is 1. The summed E-state index contributed by atoms with van der Waals surface area (Å²) in [5, 5.41) is 5.09. The first kappa shape index (κ1) is 16.4. The fourth-order valence-electron chi connectivity index (χ4n) is 3.50. The van der Waals surface area contributed by atoms with Crippen LogP contribution in [0.4, 0.5) is 0 Å². The maximum absolute atomic E-state index is 12.4. The van der Waals surface area contributed by atoms with Gasteiger partial charge in [0.15, 0.2) is 0 Å². The van der Waals surface area contributed by atoms with Crippen molar-refractivity contribution in [2.45, 2.75) is 19.4 Å². The van der Waals surface area contributed by atoms with E-state index in [2.05, 4.69) is 23.1 Å². The normalized spacial score (nSPS) is 22.1. The van der Waals surface area contributed by atoms with Gasteiger partial charge in [-0.1, -0.05) is 24.3 Å². The zero-order valence-corrected chi connectivity index (χ0v) is 14.0. The van der Waals surface area contributed by atoms with E-state index < -0.39 is 10.0 Å². The summed E-state index contributed by atoms with van der Waals surface area (Å²) in [6.45, 7) is 3.22. The van der Waals surface area contributed by atoms with Gasteiger partial charge in [-0.05, 0) is 29.9 Å². The average Bonchev–Trinajstić information content (AvgIpc) is 2.93. The van der Waals surface area contributed by atoms with Crippen LogP contribution < -0.4 is 5.14 Å². The maximum atomic E-state index is 12.4. The second-order valence-electron chi connectivity index (χ2n) is 6.55. The standard InChI is InChI=1S/C16H23N3O3S/c17-23(21,22)12-13-5-8-19(9-13)16(20)11-18-7-6-14-3-1-2-4-15(14)10-18/h1-4,13H,5-12H2,(H2,17,21,22)/t13-/m1/s1. The van der Waals surface area contributed by atoms with Gasteiger partial charge in [0.05, 0.1) is 12.3 Å². The molecule has 3 rings (SSSR count). The molecule has 0 spiro atoms. The summed E-state index contributed by atoms with van der Waals surface area (Å²) in [4.78, 5) is 16.4. The first-order chi connectivity index (χ1) is 10.9. The first-order valence-electron chi connectivity index (χ1n) is 7.98. The van der Waals surface area contributed by atoms with Crippen molar-refractivity contribution in [2.24, 2.45) is 11.1 Å². The van der Waals surface area contributed by atoms with Crippen molar-refractivity contribution in [1.29, 1.82) is 0 Å². The molecule has 1 atom stereocenters. The van der Waals surface area contributed by atoms with Crippen molar-refractivity contribution >= 4 is 15.9 Å². The van der Waals surface area contributed by atoms with Crippen LogP contribution in [0.1, 0.15) is 17.5 Å². The number of benzene rings is 1. The molecule has 0 bridgehead atoms. The van der Waals surface area contributed by atoms with Crippen LogP contribution in [0.3, 0.4) is 0 Å². The monoisotopic (exact) mass is 337 g/mol. The molecule has 1 aromatic rings. The Bertz CT molecular complexity index is 690. The van der Waals surface area contributed by atoms with Gasteiger partial charge in [-0.25, -0.2) is 13.6 Å². The van der Waals surface area contributed by atoms with Crippen LogP contribution in [0.5, 0.6) is 0 Å². The van der Waals surface area contributed by atoms with E-state index in [0.29, 0.717) is 26.1 Å². The lowest BCUT2D eigenvalue weighted by atomic mass is 10.00. The van der Waals surface area contributed by atoms with Gasteiger partial charge in [0, 0.05) is 26.2 Å². The fourth-order valence-corrected chi connectivity index (χ4v) is 4.43. The molecular formula is C16H23N3O3S. The van der Waals surface area contributed by atoms with Crippen molar-refractivity contribution in [3.8, 4) is 0 Å². The number of carbonyl (C=O) groups is 1. The van der Waals surface area contributed by atoms with Gasteiger partial charge >= 0.3 is 0 Å².